The number of thiazole rings is 1. The normalized spacial score (nSPS) is 13.7. The van der Waals surface area contributed by atoms with Crippen molar-refractivity contribution in [2.45, 2.75) is 33.3 Å². The molecule has 0 saturated carbocycles. The van der Waals surface area contributed by atoms with Crippen molar-refractivity contribution >= 4 is 40.2 Å². The van der Waals surface area contributed by atoms with Crippen LogP contribution in [0, 0.1) is 5.92 Å². The molecule has 1 unspecified atom stereocenters. The molecule has 1 aliphatic heterocycles. The molecule has 0 fully saturated rings. The zero-order valence-corrected chi connectivity index (χ0v) is 20.4. The summed E-state index contributed by atoms with van der Waals surface area (Å²) in [5.74, 6) is -1.74. The molecule has 8 nitrogen and oxygen atoms in total. The second-order valence-electron chi connectivity index (χ2n) is 8.65. The Bertz CT molecular complexity index is 1290. The highest BCUT2D eigenvalue weighted by molar-refractivity contribution is 7.14. The molecule has 1 N–H and O–H groups in total. The van der Waals surface area contributed by atoms with E-state index in [-0.39, 0.29) is 22.6 Å². The summed E-state index contributed by atoms with van der Waals surface area (Å²) in [6.07, 6.45) is -0.404. The number of benzene rings is 2. The lowest BCUT2D eigenvalue weighted by atomic mass is 10.1. The standard InChI is InChI=1S/C26H25N3O5S/c1-15(2)11-12-29-23(31)19-10-9-18(13-20(19)24(29)32)25(33)34-16(3)22(30)28-26-27-21(14-35-26)17-7-5-4-6-8-17/h4-10,13-16H,11-12H2,1-3H3,(H,27,28,30). The lowest BCUT2D eigenvalue weighted by molar-refractivity contribution is -0.123. The van der Waals surface area contributed by atoms with Crippen LogP contribution in [0.25, 0.3) is 11.3 Å². The van der Waals surface area contributed by atoms with Crippen LogP contribution in [0.2, 0.25) is 0 Å². The second-order valence-corrected chi connectivity index (χ2v) is 9.50. The van der Waals surface area contributed by atoms with E-state index in [4.69, 9.17) is 4.74 Å². The molecule has 3 amide bonds. The van der Waals surface area contributed by atoms with E-state index in [1.165, 1.54) is 41.4 Å². The number of fused-ring (bicyclic) bond motifs is 1. The van der Waals surface area contributed by atoms with E-state index < -0.39 is 23.9 Å². The molecular weight excluding hydrogens is 466 g/mol. The van der Waals surface area contributed by atoms with Gasteiger partial charge in [0.15, 0.2) is 11.2 Å². The van der Waals surface area contributed by atoms with Crippen LogP contribution < -0.4 is 5.32 Å². The third-order valence-corrected chi connectivity index (χ3v) is 6.35. The maximum atomic E-state index is 12.7. The number of rotatable bonds is 8. The van der Waals surface area contributed by atoms with E-state index in [2.05, 4.69) is 10.3 Å². The molecule has 1 aliphatic rings. The Morgan fingerprint density at radius 1 is 1.03 bits per heavy atom. The van der Waals surface area contributed by atoms with Gasteiger partial charge in [-0.1, -0.05) is 44.2 Å². The summed E-state index contributed by atoms with van der Waals surface area (Å²) in [6.45, 7) is 5.80. The van der Waals surface area contributed by atoms with Crippen molar-refractivity contribution in [1.29, 1.82) is 0 Å². The van der Waals surface area contributed by atoms with Crippen LogP contribution in [0.1, 0.15) is 58.3 Å². The molecule has 2 aromatic carbocycles. The number of esters is 1. The van der Waals surface area contributed by atoms with Crippen LogP contribution in [0.3, 0.4) is 0 Å². The average molecular weight is 492 g/mol. The van der Waals surface area contributed by atoms with Gasteiger partial charge in [-0.3, -0.25) is 24.6 Å². The predicted molar refractivity (Wildman–Crippen MR) is 132 cm³/mol. The number of hydrogen-bond acceptors (Lipinski definition) is 7. The molecule has 9 heteroatoms. The number of carbonyl (C=O) groups is 4. The Labute approximate surface area is 206 Å². The Morgan fingerprint density at radius 2 is 1.74 bits per heavy atom. The molecule has 1 atom stereocenters. The largest absolute Gasteiger partial charge is 0.449 e. The van der Waals surface area contributed by atoms with Crippen LogP contribution in [-0.2, 0) is 9.53 Å². The predicted octanol–water partition coefficient (Wildman–Crippen LogP) is 4.64. The van der Waals surface area contributed by atoms with Gasteiger partial charge >= 0.3 is 5.97 Å². The smallest absolute Gasteiger partial charge is 0.338 e. The monoisotopic (exact) mass is 491 g/mol. The fourth-order valence-electron chi connectivity index (χ4n) is 3.57. The molecule has 4 rings (SSSR count). The topological polar surface area (TPSA) is 106 Å². The van der Waals surface area contributed by atoms with Crippen molar-refractivity contribution in [3.05, 3.63) is 70.6 Å². The van der Waals surface area contributed by atoms with E-state index in [0.29, 0.717) is 24.0 Å². The van der Waals surface area contributed by atoms with Crippen LogP contribution in [0.15, 0.2) is 53.9 Å². The third-order valence-electron chi connectivity index (χ3n) is 5.59. The lowest BCUT2D eigenvalue weighted by Gasteiger charge is -2.14. The molecular formula is C26H25N3O5S. The zero-order chi connectivity index (χ0) is 25.1. The lowest BCUT2D eigenvalue weighted by Crippen LogP contribution is -2.31. The van der Waals surface area contributed by atoms with Gasteiger partial charge in [-0.05, 0) is 37.5 Å². The number of hydrogen-bond donors (Lipinski definition) is 1. The van der Waals surface area contributed by atoms with Gasteiger partial charge in [0, 0.05) is 17.5 Å². The van der Waals surface area contributed by atoms with Crippen LogP contribution in [0.5, 0.6) is 0 Å². The minimum atomic E-state index is -1.10. The van der Waals surface area contributed by atoms with Gasteiger partial charge in [-0.2, -0.15) is 0 Å². The van der Waals surface area contributed by atoms with Crippen molar-refractivity contribution < 1.29 is 23.9 Å². The summed E-state index contributed by atoms with van der Waals surface area (Å²) in [4.78, 5) is 56.1. The molecule has 180 valence electrons. The van der Waals surface area contributed by atoms with E-state index in [0.717, 1.165) is 11.3 Å². The number of anilines is 1. The maximum absolute atomic E-state index is 12.7. The quantitative estimate of drug-likeness (QED) is 0.364. The Balaban J connectivity index is 1.39. The fourth-order valence-corrected chi connectivity index (χ4v) is 4.29. The first-order valence-electron chi connectivity index (χ1n) is 11.3. The van der Waals surface area contributed by atoms with Gasteiger partial charge in [0.25, 0.3) is 17.7 Å². The van der Waals surface area contributed by atoms with Gasteiger partial charge in [-0.25, -0.2) is 9.78 Å². The van der Waals surface area contributed by atoms with E-state index >= 15 is 0 Å². The number of nitrogens with zero attached hydrogens (tertiary/aromatic N) is 2. The minimum absolute atomic E-state index is 0.0934. The SMILES string of the molecule is CC(C)CCN1C(=O)c2ccc(C(=O)OC(C)C(=O)Nc3nc(-c4ccccc4)cs3)cc2C1=O. The summed E-state index contributed by atoms with van der Waals surface area (Å²) in [6, 6.07) is 13.8. The number of nitrogens with one attached hydrogen (secondary N) is 1. The van der Waals surface area contributed by atoms with Crippen LogP contribution in [0.4, 0.5) is 5.13 Å². The van der Waals surface area contributed by atoms with E-state index in [1.807, 2.05) is 49.6 Å². The third kappa shape index (κ3) is 5.30. The Kier molecular flexibility index (Phi) is 7.07. The number of aromatic nitrogens is 1. The molecule has 0 saturated heterocycles. The second kappa shape index (κ2) is 10.2. The van der Waals surface area contributed by atoms with Gasteiger partial charge in [0.1, 0.15) is 0 Å². The van der Waals surface area contributed by atoms with Crippen molar-refractivity contribution in [2.75, 3.05) is 11.9 Å². The highest BCUT2D eigenvalue weighted by Gasteiger charge is 2.36. The van der Waals surface area contributed by atoms with Gasteiger partial charge < -0.3 is 4.74 Å². The number of carbonyl (C=O) groups excluding carboxylic acids is 4. The molecule has 35 heavy (non-hydrogen) atoms. The summed E-state index contributed by atoms with van der Waals surface area (Å²) in [5, 5.41) is 4.87. The first kappa shape index (κ1) is 24.3. The summed E-state index contributed by atoms with van der Waals surface area (Å²) < 4.78 is 5.31. The van der Waals surface area contributed by atoms with E-state index in [1.54, 1.807) is 0 Å². The first-order valence-corrected chi connectivity index (χ1v) is 12.2. The summed E-state index contributed by atoms with van der Waals surface area (Å²) in [5.41, 5.74) is 2.18. The van der Waals surface area contributed by atoms with Crippen LogP contribution >= 0.6 is 11.3 Å². The number of amides is 3. The number of ether oxygens (including phenoxy) is 1. The Hall–Kier alpha value is -3.85. The van der Waals surface area contributed by atoms with Gasteiger partial charge in [0.2, 0.25) is 0 Å². The average Bonchev–Trinajstić information content (AvgIpc) is 3.40. The molecule has 1 aromatic heterocycles. The molecule has 3 aromatic rings. The molecule has 0 radical (unpaired) electrons. The highest BCUT2D eigenvalue weighted by Crippen LogP contribution is 2.26. The maximum Gasteiger partial charge on any atom is 0.338 e. The minimum Gasteiger partial charge on any atom is -0.449 e. The van der Waals surface area contributed by atoms with Crippen molar-refractivity contribution in [3.63, 3.8) is 0 Å². The first-order chi connectivity index (χ1) is 16.7. The van der Waals surface area contributed by atoms with Crippen molar-refractivity contribution in [3.8, 4) is 11.3 Å². The Morgan fingerprint density at radius 3 is 2.46 bits per heavy atom. The summed E-state index contributed by atoms with van der Waals surface area (Å²) in [7, 11) is 0. The van der Waals surface area contributed by atoms with Gasteiger partial charge in [0.05, 0.1) is 22.4 Å². The van der Waals surface area contributed by atoms with Crippen LogP contribution in [-0.4, -0.2) is 46.2 Å². The van der Waals surface area contributed by atoms with Crippen molar-refractivity contribution in [2.24, 2.45) is 5.92 Å². The fraction of sp³-hybridized carbons (Fsp3) is 0.269. The summed E-state index contributed by atoms with van der Waals surface area (Å²) >= 11 is 1.27. The molecule has 0 bridgehead atoms. The molecule has 2 heterocycles. The molecule has 0 aliphatic carbocycles. The van der Waals surface area contributed by atoms with E-state index in [9.17, 15) is 19.2 Å². The van der Waals surface area contributed by atoms with Gasteiger partial charge in [-0.15, -0.1) is 11.3 Å². The number of imide groups is 1. The zero-order valence-electron chi connectivity index (χ0n) is 19.6. The van der Waals surface area contributed by atoms with Crippen molar-refractivity contribution in [1.82, 2.24) is 9.88 Å². The highest BCUT2D eigenvalue weighted by atomic mass is 32.1. The molecule has 0 spiro atoms.